The van der Waals surface area contributed by atoms with Crippen molar-refractivity contribution in [2.75, 3.05) is 17.2 Å². The van der Waals surface area contributed by atoms with Crippen molar-refractivity contribution in [3.05, 3.63) is 51.1 Å². The first-order valence-electron chi connectivity index (χ1n) is 8.65. The van der Waals surface area contributed by atoms with E-state index in [1.165, 1.54) is 27.9 Å². The number of aromatic nitrogens is 2. The summed E-state index contributed by atoms with van der Waals surface area (Å²) < 4.78 is 6.46. The zero-order valence-electron chi connectivity index (χ0n) is 15.0. The predicted octanol–water partition coefficient (Wildman–Crippen LogP) is 1.97. The highest BCUT2D eigenvalue weighted by Gasteiger charge is 2.22. The smallest absolute Gasteiger partial charge is 0.330 e. The van der Waals surface area contributed by atoms with Crippen LogP contribution in [0, 0.1) is 0 Å². The normalized spacial score (nSPS) is 11.2. The standard InChI is InChI=1S/C18H24N4O4/c1-3-5-11-22-16(19)15(17(24)20-18(22)25)21(10-4-2)14(23)9-8-13-7-6-12-26-13/h6-9,12H,3-5,10-11,19H2,1-2H3,(H,20,24,25)/b9-8+. The maximum Gasteiger partial charge on any atom is 0.330 e. The number of nitrogens with zero attached hydrogens (tertiary/aromatic N) is 2. The molecular weight excluding hydrogens is 336 g/mol. The van der Waals surface area contributed by atoms with Gasteiger partial charge < -0.3 is 15.1 Å². The van der Waals surface area contributed by atoms with E-state index >= 15 is 0 Å². The van der Waals surface area contributed by atoms with E-state index in [0.29, 0.717) is 25.3 Å². The minimum Gasteiger partial charge on any atom is -0.465 e. The van der Waals surface area contributed by atoms with Crippen molar-refractivity contribution in [1.82, 2.24) is 9.55 Å². The molecule has 0 aliphatic heterocycles. The molecule has 0 aliphatic rings. The Morgan fingerprint density at radius 3 is 2.73 bits per heavy atom. The molecule has 2 aromatic heterocycles. The molecule has 0 aliphatic carbocycles. The zero-order chi connectivity index (χ0) is 19.1. The number of aromatic amines is 1. The van der Waals surface area contributed by atoms with Crippen LogP contribution in [0.1, 0.15) is 38.9 Å². The Morgan fingerprint density at radius 1 is 1.35 bits per heavy atom. The fourth-order valence-electron chi connectivity index (χ4n) is 2.56. The summed E-state index contributed by atoms with van der Waals surface area (Å²) in [5.41, 5.74) is 4.85. The maximum atomic E-state index is 12.6. The molecule has 140 valence electrons. The Hall–Kier alpha value is -3.03. The van der Waals surface area contributed by atoms with Crippen LogP contribution in [0.25, 0.3) is 6.08 Å². The number of carbonyl (C=O) groups excluding carboxylic acids is 1. The van der Waals surface area contributed by atoms with Crippen molar-refractivity contribution in [2.24, 2.45) is 0 Å². The van der Waals surface area contributed by atoms with Crippen molar-refractivity contribution in [1.29, 1.82) is 0 Å². The molecule has 2 aromatic rings. The molecule has 8 nitrogen and oxygen atoms in total. The van der Waals surface area contributed by atoms with Gasteiger partial charge in [0.15, 0.2) is 5.69 Å². The van der Waals surface area contributed by atoms with E-state index in [0.717, 1.165) is 12.8 Å². The van der Waals surface area contributed by atoms with Crippen LogP contribution < -0.4 is 21.9 Å². The second-order valence-electron chi connectivity index (χ2n) is 5.84. The molecule has 0 saturated carbocycles. The maximum absolute atomic E-state index is 12.6. The fraction of sp³-hybridized carbons (Fsp3) is 0.389. The number of rotatable bonds is 8. The molecule has 0 aromatic carbocycles. The van der Waals surface area contributed by atoms with Crippen LogP contribution in [0.5, 0.6) is 0 Å². The molecule has 0 saturated heterocycles. The van der Waals surface area contributed by atoms with Crippen LogP contribution in [0.3, 0.4) is 0 Å². The van der Waals surface area contributed by atoms with Gasteiger partial charge in [-0.3, -0.25) is 19.1 Å². The average Bonchev–Trinajstić information content (AvgIpc) is 3.12. The number of furan rings is 1. The molecule has 0 atom stereocenters. The van der Waals surface area contributed by atoms with Crippen molar-refractivity contribution < 1.29 is 9.21 Å². The zero-order valence-corrected chi connectivity index (χ0v) is 15.0. The molecule has 2 heterocycles. The number of hydrogen-bond donors (Lipinski definition) is 2. The Kier molecular flexibility index (Phi) is 6.60. The van der Waals surface area contributed by atoms with E-state index in [1.807, 2.05) is 13.8 Å². The molecule has 0 fully saturated rings. The highest BCUT2D eigenvalue weighted by molar-refractivity contribution is 6.04. The summed E-state index contributed by atoms with van der Waals surface area (Å²) in [5.74, 6) is 0.103. The molecule has 2 rings (SSSR count). The first-order chi connectivity index (χ1) is 12.5. The summed E-state index contributed by atoms with van der Waals surface area (Å²) in [6, 6.07) is 3.42. The van der Waals surface area contributed by atoms with Crippen LogP contribution in [-0.4, -0.2) is 22.0 Å². The first kappa shape index (κ1) is 19.3. The predicted molar refractivity (Wildman–Crippen MR) is 101 cm³/mol. The Bertz CT molecular complexity index is 878. The van der Waals surface area contributed by atoms with Gasteiger partial charge in [-0.05, 0) is 31.1 Å². The largest absolute Gasteiger partial charge is 0.465 e. The summed E-state index contributed by atoms with van der Waals surface area (Å²) in [6.07, 6.45) is 6.55. The van der Waals surface area contributed by atoms with Gasteiger partial charge >= 0.3 is 5.69 Å². The van der Waals surface area contributed by atoms with E-state index in [1.54, 1.807) is 12.1 Å². The van der Waals surface area contributed by atoms with E-state index in [2.05, 4.69) is 4.98 Å². The molecule has 8 heteroatoms. The van der Waals surface area contributed by atoms with Gasteiger partial charge in [-0.2, -0.15) is 0 Å². The highest BCUT2D eigenvalue weighted by atomic mass is 16.3. The molecule has 0 spiro atoms. The highest BCUT2D eigenvalue weighted by Crippen LogP contribution is 2.18. The minimum absolute atomic E-state index is 0.000369. The van der Waals surface area contributed by atoms with Crippen molar-refractivity contribution in [3.63, 3.8) is 0 Å². The van der Waals surface area contributed by atoms with Crippen LogP contribution in [0.2, 0.25) is 0 Å². The molecule has 0 radical (unpaired) electrons. The van der Waals surface area contributed by atoms with E-state index in [4.69, 9.17) is 10.2 Å². The molecule has 26 heavy (non-hydrogen) atoms. The van der Waals surface area contributed by atoms with Gasteiger partial charge in [0, 0.05) is 19.2 Å². The van der Waals surface area contributed by atoms with Gasteiger partial charge in [-0.1, -0.05) is 20.3 Å². The van der Waals surface area contributed by atoms with Crippen LogP contribution >= 0.6 is 0 Å². The third-order valence-corrected chi connectivity index (χ3v) is 3.87. The van der Waals surface area contributed by atoms with Crippen LogP contribution in [-0.2, 0) is 11.3 Å². The number of unbranched alkanes of at least 4 members (excludes halogenated alkanes) is 1. The lowest BCUT2D eigenvalue weighted by atomic mass is 10.3. The fourth-order valence-corrected chi connectivity index (χ4v) is 2.56. The van der Waals surface area contributed by atoms with E-state index < -0.39 is 17.2 Å². The molecule has 1 amide bonds. The number of H-pyrrole nitrogens is 1. The van der Waals surface area contributed by atoms with Gasteiger partial charge in [0.1, 0.15) is 11.6 Å². The summed E-state index contributed by atoms with van der Waals surface area (Å²) in [4.78, 5) is 40.6. The number of nitrogens with two attached hydrogens (primary N) is 1. The average molecular weight is 360 g/mol. The summed E-state index contributed by atoms with van der Waals surface area (Å²) in [6.45, 7) is 4.54. The second-order valence-corrected chi connectivity index (χ2v) is 5.84. The third-order valence-electron chi connectivity index (χ3n) is 3.87. The monoisotopic (exact) mass is 360 g/mol. The number of carbonyl (C=O) groups is 1. The summed E-state index contributed by atoms with van der Waals surface area (Å²) in [5, 5.41) is 0. The van der Waals surface area contributed by atoms with Crippen molar-refractivity contribution >= 4 is 23.5 Å². The Labute approximate surface area is 150 Å². The van der Waals surface area contributed by atoms with Gasteiger partial charge in [-0.25, -0.2) is 4.79 Å². The van der Waals surface area contributed by atoms with Gasteiger partial charge in [-0.15, -0.1) is 0 Å². The lowest BCUT2D eigenvalue weighted by Gasteiger charge is -2.22. The van der Waals surface area contributed by atoms with Gasteiger partial charge in [0.25, 0.3) is 11.5 Å². The van der Waals surface area contributed by atoms with Crippen LogP contribution in [0.4, 0.5) is 11.5 Å². The summed E-state index contributed by atoms with van der Waals surface area (Å²) >= 11 is 0. The van der Waals surface area contributed by atoms with Crippen molar-refractivity contribution in [2.45, 2.75) is 39.7 Å². The third kappa shape index (κ3) is 4.33. The van der Waals surface area contributed by atoms with Crippen LogP contribution in [0.15, 0.2) is 38.5 Å². The Balaban J connectivity index is 2.44. The Morgan fingerprint density at radius 2 is 2.12 bits per heavy atom. The number of amides is 1. The first-order valence-corrected chi connectivity index (χ1v) is 8.65. The molecule has 0 bridgehead atoms. The topological polar surface area (TPSA) is 114 Å². The summed E-state index contributed by atoms with van der Waals surface area (Å²) in [7, 11) is 0. The van der Waals surface area contributed by atoms with Gasteiger partial charge in [0.2, 0.25) is 0 Å². The van der Waals surface area contributed by atoms with Crippen molar-refractivity contribution in [3.8, 4) is 0 Å². The number of anilines is 2. The van der Waals surface area contributed by atoms with E-state index in [-0.39, 0.29) is 11.5 Å². The number of hydrogen-bond acceptors (Lipinski definition) is 5. The SMILES string of the molecule is CCCCn1c(N)c(N(CCC)C(=O)/C=C/c2ccco2)c(=O)[nH]c1=O. The van der Waals surface area contributed by atoms with Gasteiger partial charge in [0.05, 0.1) is 6.26 Å². The van der Waals surface area contributed by atoms with E-state index in [9.17, 15) is 14.4 Å². The number of nitrogens with one attached hydrogen (secondary N) is 1. The minimum atomic E-state index is -0.673. The second kappa shape index (κ2) is 8.89. The molecule has 0 unspecified atom stereocenters. The lowest BCUT2D eigenvalue weighted by Crippen LogP contribution is -2.41. The molecule has 3 N–H and O–H groups in total. The number of nitrogen functional groups attached to an aromatic ring is 1. The molecular formula is C18H24N4O4. The lowest BCUT2D eigenvalue weighted by molar-refractivity contribution is -0.114. The quantitative estimate of drug-likeness (QED) is 0.699.